The van der Waals surface area contributed by atoms with Crippen LogP contribution in [0.4, 0.5) is 16.2 Å². The second-order valence-corrected chi connectivity index (χ2v) is 7.34. The van der Waals surface area contributed by atoms with E-state index in [0.29, 0.717) is 38.3 Å². The number of aryl methyl sites for hydroxylation is 3. The fraction of sp³-hybridized carbons (Fsp3) is 0.409. The smallest absolute Gasteiger partial charge is 0.409 e. The number of piperazine rings is 1. The number of rotatable bonds is 4. The molecule has 7 nitrogen and oxygen atoms in total. The molecule has 1 fully saturated rings. The third-order valence-corrected chi connectivity index (χ3v) is 5.02. The number of hydrogen-bond donors (Lipinski definition) is 1. The minimum absolute atomic E-state index is 0.0815. The number of aromatic nitrogens is 1. The number of nitrogens with zero attached hydrogens (tertiary/aromatic N) is 3. The van der Waals surface area contributed by atoms with Gasteiger partial charge in [0.15, 0.2) is 0 Å². The highest BCUT2D eigenvalue weighted by atomic mass is 16.6. The Morgan fingerprint density at radius 3 is 2.24 bits per heavy atom. The van der Waals surface area contributed by atoms with Crippen molar-refractivity contribution < 1.29 is 14.3 Å². The maximum atomic E-state index is 12.9. The molecule has 29 heavy (non-hydrogen) atoms. The van der Waals surface area contributed by atoms with Crippen molar-refractivity contribution in [2.24, 2.45) is 0 Å². The van der Waals surface area contributed by atoms with Crippen molar-refractivity contribution in [1.29, 1.82) is 0 Å². The van der Waals surface area contributed by atoms with Crippen LogP contribution < -0.4 is 5.32 Å². The van der Waals surface area contributed by atoms with Crippen LogP contribution in [0.3, 0.4) is 0 Å². The molecule has 7 heteroatoms. The molecule has 0 atom stereocenters. The van der Waals surface area contributed by atoms with Crippen molar-refractivity contribution in [3.8, 4) is 0 Å². The molecule has 3 rings (SSSR count). The molecule has 1 aromatic carbocycles. The van der Waals surface area contributed by atoms with Gasteiger partial charge in [-0.15, -0.1) is 0 Å². The lowest BCUT2D eigenvalue weighted by Crippen LogP contribution is -2.50. The Kier molecular flexibility index (Phi) is 6.36. The number of amides is 2. The lowest BCUT2D eigenvalue weighted by Gasteiger charge is -2.34. The molecule has 154 valence electrons. The Hall–Kier alpha value is -3.09. The maximum Gasteiger partial charge on any atom is 0.409 e. The summed E-state index contributed by atoms with van der Waals surface area (Å²) >= 11 is 0. The van der Waals surface area contributed by atoms with E-state index in [0.717, 1.165) is 22.5 Å². The minimum atomic E-state index is -0.323. The summed E-state index contributed by atoms with van der Waals surface area (Å²) < 4.78 is 5.03. The first-order valence-electron chi connectivity index (χ1n) is 9.90. The van der Waals surface area contributed by atoms with E-state index in [1.54, 1.807) is 29.1 Å². The van der Waals surface area contributed by atoms with E-state index in [2.05, 4.69) is 43.2 Å². The summed E-state index contributed by atoms with van der Waals surface area (Å²) in [5, 5.41) is 3.40. The summed E-state index contributed by atoms with van der Waals surface area (Å²) in [4.78, 5) is 32.4. The van der Waals surface area contributed by atoms with E-state index in [1.807, 2.05) is 6.07 Å². The predicted octanol–water partition coefficient (Wildman–Crippen LogP) is 3.66. The van der Waals surface area contributed by atoms with Crippen molar-refractivity contribution in [2.75, 3.05) is 38.1 Å². The highest BCUT2D eigenvalue weighted by molar-refractivity contribution is 5.95. The molecule has 1 aliphatic rings. The van der Waals surface area contributed by atoms with Gasteiger partial charge in [-0.25, -0.2) is 4.79 Å². The van der Waals surface area contributed by atoms with Crippen LogP contribution in [-0.4, -0.2) is 59.6 Å². The van der Waals surface area contributed by atoms with Gasteiger partial charge in [0.2, 0.25) is 0 Å². The topological polar surface area (TPSA) is 74.8 Å². The molecule has 1 saturated heterocycles. The van der Waals surface area contributed by atoms with Crippen molar-refractivity contribution in [2.45, 2.75) is 27.7 Å². The second-order valence-electron chi connectivity index (χ2n) is 7.34. The Balaban J connectivity index is 1.69. The summed E-state index contributed by atoms with van der Waals surface area (Å²) in [5.74, 6) is -0.0815. The molecule has 0 unspecified atom stereocenters. The quantitative estimate of drug-likeness (QED) is 0.854. The average Bonchev–Trinajstić information content (AvgIpc) is 2.70. The summed E-state index contributed by atoms with van der Waals surface area (Å²) in [6, 6.07) is 6.08. The number of carbonyl (C=O) groups excluding carboxylic acids is 2. The highest BCUT2D eigenvalue weighted by Gasteiger charge is 2.25. The molecule has 1 aromatic heterocycles. The monoisotopic (exact) mass is 396 g/mol. The molecule has 0 saturated carbocycles. The summed E-state index contributed by atoms with van der Waals surface area (Å²) in [7, 11) is 0. The van der Waals surface area contributed by atoms with Crippen molar-refractivity contribution in [3.05, 3.63) is 52.8 Å². The van der Waals surface area contributed by atoms with Crippen molar-refractivity contribution in [1.82, 2.24) is 14.8 Å². The van der Waals surface area contributed by atoms with Crippen molar-refractivity contribution >= 4 is 23.4 Å². The number of anilines is 2. The second kappa shape index (κ2) is 8.94. The first kappa shape index (κ1) is 20.6. The normalized spacial score (nSPS) is 13.9. The molecule has 2 amide bonds. The standard InChI is InChI=1S/C22H28N4O3/c1-5-29-22(28)26-8-6-25(7-9-26)21(27)18-12-19(14-23-13-18)24-20-16(3)10-15(2)11-17(20)4/h10-14,24H,5-9H2,1-4H3. The zero-order valence-corrected chi connectivity index (χ0v) is 17.5. The van der Waals surface area contributed by atoms with E-state index >= 15 is 0 Å². The van der Waals surface area contributed by atoms with Gasteiger partial charge in [-0.1, -0.05) is 17.7 Å². The van der Waals surface area contributed by atoms with Crippen LogP contribution in [0, 0.1) is 20.8 Å². The van der Waals surface area contributed by atoms with E-state index in [4.69, 9.17) is 4.74 Å². The Bertz CT molecular complexity index is 882. The van der Waals surface area contributed by atoms with Crippen LogP contribution in [0.5, 0.6) is 0 Å². The summed E-state index contributed by atoms with van der Waals surface area (Å²) in [6.07, 6.45) is 2.98. The zero-order chi connectivity index (χ0) is 21.0. The molecule has 1 aliphatic heterocycles. The molecule has 0 spiro atoms. The van der Waals surface area contributed by atoms with Gasteiger partial charge in [0.25, 0.3) is 5.91 Å². The molecule has 2 aromatic rings. The van der Waals surface area contributed by atoms with E-state index < -0.39 is 0 Å². The summed E-state index contributed by atoms with van der Waals surface area (Å²) in [6.45, 7) is 10.2. The molecule has 0 bridgehead atoms. The first-order chi connectivity index (χ1) is 13.9. The van der Waals surface area contributed by atoms with Gasteiger partial charge in [0.1, 0.15) is 0 Å². The molecule has 1 N–H and O–H groups in total. The van der Waals surface area contributed by atoms with Crippen LogP contribution in [-0.2, 0) is 4.74 Å². The molecule has 0 aliphatic carbocycles. The van der Waals surface area contributed by atoms with Crippen LogP contribution in [0.15, 0.2) is 30.6 Å². The minimum Gasteiger partial charge on any atom is -0.450 e. The third kappa shape index (κ3) is 4.85. The number of pyridine rings is 1. The van der Waals surface area contributed by atoms with E-state index in [9.17, 15) is 9.59 Å². The third-order valence-electron chi connectivity index (χ3n) is 5.02. The predicted molar refractivity (Wildman–Crippen MR) is 113 cm³/mol. The molecular weight excluding hydrogens is 368 g/mol. The Morgan fingerprint density at radius 1 is 1.00 bits per heavy atom. The van der Waals surface area contributed by atoms with E-state index in [1.165, 1.54) is 5.56 Å². The van der Waals surface area contributed by atoms with Gasteiger partial charge < -0.3 is 19.9 Å². The van der Waals surface area contributed by atoms with Crippen molar-refractivity contribution in [3.63, 3.8) is 0 Å². The molecule has 0 radical (unpaired) electrons. The fourth-order valence-corrected chi connectivity index (χ4v) is 3.64. The largest absolute Gasteiger partial charge is 0.450 e. The molecule has 2 heterocycles. The van der Waals surface area contributed by atoms with Crippen LogP contribution in [0.1, 0.15) is 34.0 Å². The highest BCUT2D eigenvalue weighted by Crippen LogP contribution is 2.26. The van der Waals surface area contributed by atoms with Gasteiger partial charge in [-0.05, 0) is 44.9 Å². The maximum absolute atomic E-state index is 12.9. The fourth-order valence-electron chi connectivity index (χ4n) is 3.64. The van der Waals surface area contributed by atoms with Gasteiger partial charge in [-0.2, -0.15) is 0 Å². The van der Waals surface area contributed by atoms with Crippen LogP contribution in [0.2, 0.25) is 0 Å². The van der Waals surface area contributed by atoms with Crippen LogP contribution in [0.25, 0.3) is 0 Å². The Labute approximate surface area is 171 Å². The lowest BCUT2D eigenvalue weighted by atomic mass is 10.0. The lowest BCUT2D eigenvalue weighted by molar-refractivity contribution is 0.0570. The van der Waals surface area contributed by atoms with Gasteiger partial charge in [-0.3, -0.25) is 9.78 Å². The SMILES string of the molecule is CCOC(=O)N1CCN(C(=O)c2cncc(Nc3c(C)cc(C)cc3C)c2)CC1. The number of ether oxygens (including phenoxy) is 1. The average molecular weight is 396 g/mol. The van der Waals surface area contributed by atoms with Gasteiger partial charge >= 0.3 is 6.09 Å². The number of benzene rings is 1. The summed E-state index contributed by atoms with van der Waals surface area (Å²) in [5.41, 5.74) is 5.85. The van der Waals surface area contributed by atoms with E-state index in [-0.39, 0.29) is 12.0 Å². The Morgan fingerprint density at radius 2 is 1.62 bits per heavy atom. The van der Waals surface area contributed by atoms with Gasteiger partial charge in [0, 0.05) is 38.1 Å². The van der Waals surface area contributed by atoms with Gasteiger partial charge in [0.05, 0.1) is 24.1 Å². The zero-order valence-electron chi connectivity index (χ0n) is 17.5. The number of carbonyl (C=O) groups is 2. The first-order valence-corrected chi connectivity index (χ1v) is 9.90. The number of hydrogen-bond acceptors (Lipinski definition) is 5. The van der Waals surface area contributed by atoms with Crippen LogP contribution >= 0.6 is 0 Å². The molecular formula is C22H28N4O3. The number of nitrogens with one attached hydrogen (secondary N) is 1.